The number of aliphatic carboxylic acids is 1. The average molecular weight is 533 g/mol. The Morgan fingerprint density at radius 2 is 1.49 bits per heavy atom. The number of carbonyl (C=O) groups is 2. The molecule has 0 aliphatic heterocycles. The smallest absolute Gasteiger partial charge is 0.336 e. The van der Waals surface area contributed by atoms with Gasteiger partial charge in [-0.05, 0) is 41.3 Å². The number of hydrogen-bond donors (Lipinski definition) is 4. The van der Waals surface area contributed by atoms with Crippen LogP contribution in [0.4, 0.5) is 0 Å². The lowest BCUT2D eigenvalue weighted by Crippen LogP contribution is -2.58. The second-order valence-corrected chi connectivity index (χ2v) is 9.68. The highest BCUT2D eigenvalue weighted by Gasteiger charge is 2.52. The van der Waals surface area contributed by atoms with Crippen molar-refractivity contribution in [3.63, 3.8) is 0 Å². The second-order valence-electron chi connectivity index (χ2n) is 9.68. The van der Waals surface area contributed by atoms with Crippen LogP contribution in [0.15, 0.2) is 91.0 Å². The molecule has 1 saturated carbocycles. The van der Waals surface area contributed by atoms with Gasteiger partial charge in [-0.15, -0.1) is 0 Å². The van der Waals surface area contributed by atoms with Gasteiger partial charge in [0.05, 0.1) is 6.10 Å². The van der Waals surface area contributed by atoms with Crippen molar-refractivity contribution < 1.29 is 39.5 Å². The molecule has 0 aromatic heterocycles. The number of rotatable bonds is 10. The van der Waals surface area contributed by atoms with Crippen LogP contribution in [0.1, 0.15) is 41.9 Å². The number of benzene rings is 3. The van der Waals surface area contributed by atoms with Gasteiger partial charge in [0, 0.05) is 31.4 Å². The van der Waals surface area contributed by atoms with E-state index in [9.17, 15) is 30.0 Å². The van der Waals surface area contributed by atoms with Crippen molar-refractivity contribution >= 4 is 18.0 Å². The van der Waals surface area contributed by atoms with Gasteiger partial charge in [-0.3, -0.25) is 0 Å². The van der Waals surface area contributed by atoms with Gasteiger partial charge >= 0.3 is 11.9 Å². The maximum atomic E-state index is 12.5. The van der Waals surface area contributed by atoms with Crippen molar-refractivity contribution in [2.24, 2.45) is 0 Å². The summed E-state index contributed by atoms with van der Waals surface area (Å²) < 4.78 is 11.3. The zero-order valence-corrected chi connectivity index (χ0v) is 21.3. The van der Waals surface area contributed by atoms with E-state index in [0.717, 1.165) is 17.2 Å². The average Bonchev–Trinajstić information content (AvgIpc) is 2.94. The minimum Gasteiger partial charge on any atom is -0.508 e. The number of phenolic OH excluding ortho intramolecular Hbond substituents is 1. The SMILES string of the molecule is O=C(C=Cc1ccc(O)cc1)O[C@@H]1C[C@](OCCC(c2ccccc2)c2ccccc2)(C(=O)O)C[C@H](O)[C@H]1O. The summed E-state index contributed by atoms with van der Waals surface area (Å²) in [6, 6.07) is 25.8. The topological polar surface area (TPSA) is 134 Å². The lowest BCUT2D eigenvalue weighted by Gasteiger charge is -2.42. The van der Waals surface area contributed by atoms with E-state index in [1.54, 1.807) is 12.1 Å². The molecule has 3 aromatic carbocycles. The Kier molecular flexibility index (Phi) is 9.14. The maximum Gasteiger partial charge on any atom is 0.336 e. The Morgan fingerprint density at radius 1 is 0.897 bits per heavy atom. The van der Waals surface area contributed by atoms with Crippen LogP contribution in [0, 0.1) is 0 Å². The lowest BCUT2D eigenvalue weighted by molar-refractivity contribution is -0.207. The van der Waals surface area contributed by atoms with Crippen LogP contribution in [0.25, 0.3) is 6.08 Å². The molecule has 0 spiro atoms. The van der Waals surface area contributed by atoms with E-state index in [1.165, 1.54) is 18.2 Å². The summed E-state index contributed by atoms with van der Waals surface area (Å²) in [6.45, 7) is 0.0605. The van der Waals surface area contributed by atoms with Gasteiger partial charge in [-0.25, -0.2) is 9.59 Å². The Bertz CT molecular complexity index is 1220. The summed E-state index contributed by atoms with van der Waals surface area (Å²) >= 11 is 0. The molecule has 39 heavy (non-hydrogen) atoms. The van der Waals surface area contributed by atoms with Gasteiger partial charge in [-0.1, -0.05) is 72.8 Å². The molecule has 0 bridgehead atoms. The fraction of sp³-hybridized carbons (Fsp3) is 0.290. The van der Waals surface area contributed by atoms with Crippen LogP contribution in [0.3, 0.4) is 0 Å². The number of phenols is 1. The van der Waals surface area contributed by atoms with E-state index in [-0.39, 0.29) is 31.1 Å². The highest BCUT2D eigenvalue weighted by Crippen LogP contribution is 2.36. The fourth-order valence-corrected chi connectivity index (χ4v) is 4.91. The number of carboxylic acids is 1. The predicted molar refractivity (Wildman–Crippen MR) is 144 cm³/mol. The number of ether oxygens (including phenoxy) is 2. The molecule has 0 amide bonds. The summed E-state index contributed by atoms with van der Waals surface area (Å²) in [5.74, 6) is -2.08. The predicted octanol–water partition coefficient (Wildman–Crippen LogP) is 3.90. The van der Waals surface area contributed by atoms with E-state index < -0.39 is 35.9 Å². The molecular weight excluding hydrogens is 500 g/mol. The van der Waals surface area contributed by atoms with E-state index in [4.69, 9.17) is 9.47 Å². The van der Waals surface area contributed by atoms with Crippen LogP contribution in [-0.2, 0) is 19.1 Å². The molecule has 4 atom stereocenters. The minimum absolute atomic E-state index is 0.0454. The van der Waals surface area contributed by atoms with E-state index in [2.05, 4.69) is 0 Å². The third-order valence-electron chi connectivity index (χ3n) is 7.00. The Balaban J connectivity index is 1.45. The van der Waals surface area contributed by atoms with Gasteiger partial charge in [0.15, 0.2) is 5.60 Å². The first kappa shape index (κ1) is 28.0. The molecule has 1 fully saturated rings. The largest absolute Gasteiger partial charge is 0.508 e. The second kappa shape index (κ2) is 12.7. The van der Waals surface area contributed by atoms with Crippen LogP contribution >= 0.6 is 0 Å². The summed E-state index contributed by atoms with van der Waals surface area (Å²) in [7, 11) is 0. The van der Waals surface area contributed by atoms with Gasteiger partial charge in [0.1, 0.15) is 18.0 Å². The number of hydrogen-bond acceptors (Lipinski definition) is 7. The summed E-state index contributed by atoms with van der Waals surface area (Å²) in [5, 5.41) is 40.5. The van der Waals surface area contributed by atoms with Crippen molar-refractivity contribution in [1.29, 1.82) is 0 Å². The first-order chi connectivity index (χ1) is 18.8. The lowest BCUT2D eigenvalue weighted by atomic mass is 9.79. The Hall–Kier alpha value is -3.98. The standard InChI is InChI=1S/C31H32O8/c32-24-14-11-21(12-15-24)13-16-28(34)39-27-20-31(30(36)37,19-26(33)29(27)35)38-18-17-25(22-7-3-1-4-8-22)23-9-5-2-6-10-23/h1-16,25-27,29,32-33,35H,17-20H2,(H,36,37)/t26-,27+,29+,31-/m0/s1. The van der Waals surface area contributed by atoms with Gasteiger partial charge < -0.3 is 29.9 Å². The fourth-order valence-electron chi connectivity index (χ4n) is 4.91. The molecule has 0 unspecified atom stereocenters. The number of esters is 1. The Morgan fingerprint density at radius 3 is 2.05 bits per heavy atom. The number of carboxylic acid groups (broad SMARTS) is 1. The van der Waals surface area contributed by atoms with Crippen LogP contribution in [0.2, 0.25) is 0 Å². The van der Waals surface area contributed by atoms with Gasteiger partial charge in [0.2, 0.25) is 0 Å². The third kappa shape index (κ3) is 7.11. The molecule has 8 nitrogen and oxygen atoms in total. The van der Waals surface area contributed by atoms with E-state index in [1.807, 2.05) is 60.7 Å². The molecule has 1 aliphatic rings. The molecule has 8 heteroatoms. The highest BCUT2D eigenvalue weighted by molar-refractivity contribution is 5.87. The maximum absolute atomic E-state index is 12.5. The molecule has 4 N–H and O–H groups in total. The zero-order valence-electron chi connectivity index (χ0n) is 21.3. The summed E-state index contributed by atoms with van der Waals surface area (Å²) in [6.07, 6.45) is -1.82. The number of aromatic hydroxyl groups is 1. The minimum atomic E-state index is -1.85. The van der Waals surface area contributed by atoms with Crippen molar-refractivity contribution in [2.45, 2.75) is 49.1 Å². The van der Waals surface area contributed by atoms with Crippen LogP contribution in [0.5, 0.6) is 5.75 Å². The quantitative estimate of drug-likeness (QED) is 0.228. The van der Waals surface area contributed by atoms with Gasteiger partial charge in [-0.2, -0.15) is 0 Å². The van der Waals surface area contributed by atoms with Gasteiger partial charge in [0.25, 0.3) is 0 Å². The first-order valence-electron chi connectivity index (χ1n) is 12.8. The van der Waals surface area contributed by atoms with E-state index in [0.29, 0.717) is 12.0 Å². The molecule has 204 valence electrons. The number of carbonyl (C=O) groups excluding carboxylic acids is 1. The first-order valence-corrected chi connectivity index (χ1v) is 12.8. The van der Waals surface area contributed by atoms with E-state index >= 15 is 0 Å². The molecular formula is C31H32O8. The molecule has 0 saturated heterocycles. The van der Waals surface area contributed by atoms with Crippen molar-refractivity contribution in [3.05, 3.63) is 108 Å². The van der Waals surface area contributed by atoms with Crippen molar-refractivity contribution in [1.82, 2.24) is 0 Å². The third-order valence-corrected chi connectivity index (χ3v) is 7.00. The number of aliphatic hydroxyl groups is 2. The Labute approximate surface area is 226 Å². The van der Waals surface area contributed by atoms with Crippen molar-refractivity contribution in [3.8, 4) is 5.75 Å². The summed E-state index contributed by atoms with van der Waals surface area (Å²) in [4.78, 5) is 24.9. The highest BCUT2D eigenvalue weighted by atomic mass is 16.6. The molecule has 0 radical (unpaired) electrons. The van der Waals surface area contributed by atoms with Crippen molar-refractivity contribution in [2.75, 3.05) is 6.61 Å². The monoisotopic (exact) mass is 532 g/mol. The molecule has 3 aromatic rings. The normalized spacial score (nSPS) is 23.1. The molecule has 1 aliphatic carbocycles. The molecule has 4 rings (SSSR count). The molecule has 0 heterocycles. The number of aliphatic hydroxyl groups excluding tert-OH is 2. The summed E-state index contributed by atoms with van der Waals surface area (Å²) in [5.41, 5.74) is 0.900. The van der Waals surface area contributed by atoms with Crippen LogP contribution < -0.4 is 0 Å². The van der Waals surface area contributed by atoms with Crippen LogP contribution in [-0.4, -0.2) is 62.9 Å². The zero-order chi connectivity index (χ0) is 27.8.